The van der Waals surface area contributed by atoms with Crippen LogP contribution in [0.3, 0.4) is 0 Å². The van der Waals surface area contributed by atoms with Crippen molar-refractivity contribution < 1.29 is 13.2 Å². The molecule has 0 unspecified atom stereocenters. The van der Waals surface area contributed by atoms with Crippen LogP contribution < -0.4 is 5.32 Å². The van der Waals surface area contributed by atoms with Gasteiger partial charge in [0.2, 0.25) is 0 Å². The van der Waals surface area contributed by atoms with Crippen molar-refractivity contribution >= 4 is 21.2 Å². The fourth-order valence-electron chi connectivity index (χ4n) is 1.51. The van der Waals surface area contributed by atoms with Crippen LogP contribution in [0.15, 0.2) is 0 Å². The van der Waals surface area contributed by atoms with Crippen molar-refractivity contribution in [2.24, 2.45) is 0 Å². The number of nitrogens with one attached hydrogen (secondary N) is 1. The van der Waals surface area contributed by atoms with Gasteiger partial charge in [-0.1, -0.05) is 6.92 Å². The minimum absolute atomic E-state index is 0.0305. The molecule has 5 nitrogen and oxygen atoms in total. The largest absolute Gasteiger partial charge is 0.383 e. The van der Waals surface area contributed by atoms with Crippen molar-refractivity contribution in [2.75, 3.05) is 26.5 Å². The van der Waals surface area contributed by atoms with E-state index in [0.717, 1.165) is 23.5 Å². The molecule has 0 saturated heterocycles. The third-order valence-corrected chi connectivity index (χ3v) is 4.39. The summed E-state index contributed by atoms with van der Waals surface area (Å²) in [4.78, 5) is 5.50. The van der Waals surface area contributed by atoms with Crippen molar-refractivity contribution in [3.8, 4) is 0 Å². The first kappa shape index (κ1) is 15.6. The Hall–Kier alpha value is -0.500. The molecule has 0 radical (unpaired) electrons. The number of rotatable bonds is 8. The topological polar surface area (TPSA) is 68.3 Å². The maximum Gasteiger partial charge on any atom is 0.153 e. The Kier molecular flexibility index (Phi) is 6.20. The van der Waals surface area contributed by atoms with E-state index in [-0.39, 0.29) is 5.75 Å². The van der Waals surface area contributed by atoms with Gasteiger partial charge in [0.25, 0.3) is 0 Å². The Morgan fingerprint density at radius 2 is 2.17 bits per heavy atom. The zero-order chi connectivity index (χ0) is 13.6. The fourth-order valence-corrected chi connectivity index (χ4v) is 3.83. The monoisotopic (exact) mass is 292 g/mol. The molecule has 0 aliphatic rings. The number of thiazole rings is 1. The highest BCUT2D eigenvalue weighted by Gasteiger charge is 2.13. The van der Waals surface area contributed by atoms with Gasteiger partial charge >= 0.3 is 0 Å². The van der Waals surface area contributed by atoms with Gasteiger partial charge in [-0.25, -0.2) is 13.4 Å². The predicted octanol–water partition coefficient (Wildman–Crippen LogP) is 0.986. The summed E-state index contributed by atoms with van der Waals surface area (Å²) in [5, 5.41) is 3.93. The van der Waals surface area contributed by atoms with Gasteiger partial charge in [-0.3, -0.25) is 0 Å². The molecule has 0 aliphatic heterocycles. The van der Waals surface area contributed by atoms with Crippen LogP contribution in [-0.4, -0.2) is 39.9 Å². The molecule has 1 aromatic heterocycles. The third-order valence-electron chi connectivity index (χ3n) is 2.31. The summed E-state index contributed by atoms with van der Waals surface area (Å²) < 4.78 is 27.4. The lowest BCUT2D eigenvalue weighted by molar-refractivity contribution is 0.199. The molecule has 0 atom stereocenters. The van der Waals surface area contributed by atoms with E-state index >= 15 is 0 Å². The third kappa shape index (κ3) is 5.43. The van der Waals surface area contributed by atoms with Crippen LogP contribution in [-0.2, 0) is 33.3 Å². The van der Waals surface area contributed by atoms with E-state index in [1.807, 2.05) is 6.92 Å². The van der Waals surface area contributed by atoms with E-state index in [1.54, 1.807) is 7.11 Å². The molecule has 1 N–H and O–H groups in total. The number of sulfone groups is 1. The number of methoxy groups -OCH3 is 1. The highest BCUT2D eigenvalue weighted by Crippen LogP contribution is 2.20. The molecule has 0 amide bonds. The van der Waals surface area contributed by atoms with Crippen molar-refractivity contribution in [1.29, 1.82) is 0 Å². The van der Waals surface area contributed by atoms with E-state index in [0.29, 0.717) is 18.2 Å². The van der Waals surface area contributed by atoms with Gasteiger partial charge in [0.1, 0.15) is 10.8 Å². The molecular weight excluding hydrogens is 272 g/mol. The standard InChI is InChI=1S/C11H20N2O3S2/c1-4-9-10(7-12-5-6-16-2)17-11(13-9)8-18(3,14)15/h12H,4-8H2,1-3H3. The van der Waals surface area contributed by atoms with Gasteiger partial charge in [-0.15, -0.1) is 11.3 Å². The molecular formula is C11H20N2O3S2. The molecule has 0 aliphatic carbocycles. The molecule has 1 heterocycles. The summed E-state index contributed by atoms with van der Waals surface area (Å²) in [6, 6.07) is 0. The lowest BCUT2D eigenvalue weighted by atomic mass is 10.3. The van der Waals surface area contributed by atoms with Crippen LogP contribution in [0.25, 0.3) is 0 Å². The Labute approximate surface area is 112 Å². The number of nitrogens with zero attached hydrogens (tertiary/aromatic N) is 1. The van der Waals surface area contributed by atoms with E-state index in [4.69, 9.17) is 4.74 Å². The molecule has 18 heavy (non-hydrogen) atoms. The summed E-state index contributed by atoms with van der Waals surface area (Å²) in [6.45, 7) is 4.18. The molecule has 0 saturated carbocycles. The van der Waals surface area contributed by atoms with Crippen LogP contribution in [0.1, 0.15) is 22.5 Å². The van der Waals surface area contributed by atoms with Crippen molar-refractivity contribution in [3.63, 3.8) is 0 Å². The Morgan fingerprint density at radius 3 is 2.72 bits per heavy atom. The Morgan fingerprint density at radius 1 is 1.44 bits per heavy atom. The fraction of sp³-hybridized carbons (Fsp3) is 0.727. The average Bonchev–Trinajstić information content (AvgIpc) is 2.64. The number of hydrogen-bond acceptors (Lipinski definition) is 6. The van der Waals surface area contributed by atoms with E-state index in [2.05, 4.69) is 10.3 Å². The predicted molar refractivity (Wildman–Crippen MR) is 73.6 cm³/mol. The van der Waals surface area contributed by atoms with Gasteiger partial charge in [0, 0.05) is 31.3 Å². The van der Waals surface area contributed by atoms with E-state index < -0.39 is 9.84 Å². The SMILES string of the molecule is CCc1nc(CS(C)(=O)=O)sc1CNCCOC. The quantitative estimate of drug-likeness (QED) is 0.724. The molecule has 104 valence electrons. The van der Waals surface area contributed by atoms with Crippen LogP contribution in [0.2, 0.25) is 0 Å². The van der Waals surface area contributed by atoms with Crippen LogP contribution in [0.4, 0.5) is 0 Å². The maximum atomic E-state index is 11.2. The minimum Gasteiger partial charge on any atom is -0.383 e. The molecule has 0 bridgehead atoms. The first-order valence-corrected chi connectivity index (χ1v) is 8.68. The molecule has 7 heteroatoms. The summed E-state index contributed by atoms with van der Waals surface area (Å²) in [5.41, 5.74) is 0.989. The van der Waals surface area contributed by atoms with Gasteiger partial charge in [0.15, 0.2) is 9.84 Å². The minimum atomic E-state index is -3.01. The zero-order valence-electron chi connectivity index (χ0n) is 11.0. The summed E-state index contributed by atoms with van der Waals surface area (Å²) >= 11 is 1.48. The number of ether oxygens (including phenoxy) is 1. The van der Waals surface area contributed by atoms with Gasteiger partial charge in [-0.2, -0.15) is 0 Å². The van der Waals surface area contributed by atoms with Crippen LogP contribution in [0.5, 0.6) is 0 Å². The average molecular weight is 292 g/mol. The maximum absolute atomic E-state index is 11.2. The summed E-state index contributed by atoms with van der Waals surface area (Å²) in [7, 11) is -1.35. The molecule has 1 aromatic rings. The van der Waals surface area contributed by atoms with Gasteiger partial charge in [-0.05, 0) is 6.42 Å². The molecule has 0 fully saturated rings. The van der Waals surface area contributed by atoms with E-state index in [9.17, 15) is 8.42 Å². The van der Waals surface area contributed by atoms with Crippen molar-refractivity contribution in [1.82, 2.24) is 10.3 Å². The van der Waals surface area contributed by atoms with Crippen molar-refractivity contribution in [3.05, 3.63) is 15.6 Å². The van der Waals surface area contributed by atoms with E-state index in [1.165, 1.54) is 17.6 Å². The highest BCUT2D eigenvalue weighted by molar-refractivity contribution is 7.90. The first-order chi connectivity index (χ1) is 8.46. The second kappa shape index (κ2) is 7.18. The van der Waals surface area contributed by atoms with Crippen molar-refractivity contribution in [2.45, 2.75) is 25.6 Å². The highest BCUT2D eigenvalue weighted by atomic mass is 32.2. The number of aryl methyl sites for hydroxylation is 1. The second-order valence-corrected chi connectivity index (χ2v) is 7.38. The smallest absolute Gasteiger partial charge is 0.153 e. The number of aromatic nitrogens is 1. The zero-order valence-corrected chi connectivity index (χ0v) is 12.7. The summed E-state index contributed by atoms with van der Waals surface area (Å²) in [6.07, 6.45) is 2.05. The number of hydrogen-bond donors (Lipinski definition) is 1. The second-order valence-electron chi connectivity index (χ2n) is 4.07. The lowest BCUT2D eigenvalue weighted by Crippen LogP contribution is -2.18. The molecule has 1 rings (SSSR count). The normalized spacial score (nSPS) is 11.9. The summed E-state index contributed by atoms with van der Waals surface area (Å²) in [5.74, 6) is 0.0305. The van der Waals surface area contributed by atoms with Gasteiger partial charge < -0.3 is 10.1 Å². The first-order valence-electron chi connectivity index (χ1n) is 5.81. The Balaban J connectivity index is 2.66. The van der Waals surface area contributed by atoms with Gasteiger partial charge in [0.05, 0.1) is 12.3 Å². The molecule has 0 spiro atoms. The van der Waals surface area contributed by atoms with Crippen LogP contribution in [0, 0.1) is 0 Å². The Bertz CT molecular complexity index is 469. The lowest BCUT2D eigenvalue weighted by Gasteiger charge is -2.02. The molecule has 0 aromatic carbocycles. The van der Waals surface area contributed by atoms with Crippen LogP contribution >= 0.6 is 11.3 Å².